The first-order chi connectivity index (χ1) is 13.1. The van der Waals surface area contributed by atoms with Gasteiger partial charge in [-0.15, -0.1) is 0 Å². The minimum Gasteiger partial charge on any atom is -0.351 e. The zero-order valence-corrected chi connectivity index (χ0v) is 15.8. The fourth-order valence-corrected chi connectivity index (χ4v) is 2.88. The third-order valence-corrected chi connectivity index (χ3v) is 4.17. The van der Waals surface area contributed by atoms with Crippen LogP contribution in [0, 0.1) is 6.92 Å². The predicted molar refractivity (Wildman–Crippen MR) is 109 cm³/mol. The Morgan fingerprint density at radius 2 is 1.85 bits per heavy atom. The summed E-state index contributed by atoms with van der Waals surface area (Å²) in [5.41, 5.74) is 2.40. The maximum atomic E-state index is 12.4. The molecule has 2 aromatic carbocycles. The second-order valence-corrected chi connectivity index (χ2v) is 6.60. The first-order valence-electron chi connectivity index (χ1n) is 8.80. The van der Waals surface area contributed by atoms with Gasteiger partial charge in [0.15, 0.2) is 0 Å². The summed E-state index contributed by atoms with van der Waals surface area (Å²) < 4.78 is 0. The second-order valence-electron chi connectivity index (χ2n) is 6.17. The fraction of sp³-hybridized carbons (Fsp3) is 0.190. The maximum Gasteiger partial charge on any atom is 0.270 e. The number of aryl methyl sites for hydroxylation is 2. The lowest BCUT2D eigenvalue weighted by atomic mass is 10.1. The van der Waals surface area contributed by atoms with Gasteiger partial charge in [0, 0.05) is 23.3 Å². The molecular weight excluding hydrogens is 360 g/mol. The predicted octanol–water partition coefficient (Wildman–Crippen LogP) is 4.54. The van der Waals surface area contributed by atoms with Gasteiger partial charge >= 0.3 is 0 Å². The molecule has 0 fully saturated rings. The van der Waals surface area contributed by atoms with Crippen molar-refractivity contribution in [3.8, 4) is 0 Å². The number of nitrogens with zero attached hydrogens (tertiary/aromatic N) is 2. The molecule has 5 nitrogen and oxygen atoms in total. The average Bonchev–Trinajstić information content (AvgIpc) is 2.65. The van der Waals surface area contributed by atoms with E-state index in [-0.39, 0.29) is 5.91 Å². The van der Waals surface area contributed by atoms with Crippen LogP contribution in [-0.2, 0) is 6.42 Å². The molecule has 1 aromatic heterocycles. The molecule has 1 heterocycles. The van der Waals surface area contributed by atoms with Crippen LogP contribution in [0.5, 0.6) is 0 Å². The molecule has 0 unspecified atom stereocenters. The van der Waals surface area contributed by atoms with Gasteiger partial charge in [-0.05, 0) is 43.5 Å². The maximum absolute atomic E-state index is 12.4. The number of nitrogens with one attached hydrogen (secondary N) is 2. The molecule has 0 aliphatic carbocycles. The van der Waals surface area contributed by atoms with Crippen LogP contribution in [0.2, 0.25) is 5.02 Å². The summed E-state index contributed by atoms with van der Waals surface area (Å²) in [5, 5.41) is 6.70. The highest BCUT2D eigenvalue weighted by molar-refractivity contribution is 6.30. The topological polar surface area (TPSA) is 66.9 Å². The molecule has 0 saturated heterocycles. The summed E-state index contributed by atoms with van der Waals surface area (Å²) in [6.45, 7) is 2.35. The van der Waals surface area contributed by atoms with Crippen molar-refractivity contribution in [3.05, 3.63) is 82.8 Å². The van der Waals surface area contributed by atoms with Crippen molar-refractivity contribution < 1.29 is 4.79 Å². The van der Waals surface area contributed by atoms with E-state index < -0.39 is 0 Å². The SMILES string of the molecule is Cc1nc(Nc2cccc(Cl)c2)cc(C(=O)NCCCc2ccccc2)n1. The molecule has 0 aliphatic heterocycles. The number of benzene rings is 2. The standard InChI is InChI=1S/C21H21ClN4O/c1-15-24-19(14-20(25-15)26-18-11-5-10-17(22)13-18)21(27)23-12-6-9-16-7-3-2-4-8-16/h2-5,7-8,10-11,13-14H,6,9,12H2,1H3,(H,23,27)(H,24,25,26). The second kappa shape index (κ2) is 9.14. The van der Waals surface area contributed by atoms with Crippen LogP contribution >= 0.6 is 11.6 Å². The number of anilines is 2. The Balaban J connectivity index is 1.58. The Morgan fingerprint density at radius 1 is 1.04 bits per heavy atom. The van der Waals surface area contributed by atoms with Gasteiger partial charge in [0.05, 0.1) is 0 Å². The van der Waals surface area contributed by atoms with Gasteiger partial charge in [-0.2, -0.15) is 0 Å². The van der Waals surface area contributed by atoms with Crippen molar-refractivity contribution in [2.45, 2.75) is 19.8 Å². The Morgan fingerprint density at radius 3 is 2.63 bits per heavy atom. The lowest BCUT2D eigenvalue weighted by Gasteiger charge is -2.09. The number of aromatic nitrogens is 2. The number of hydrogen-bond donors (Lipinski definition) is 2. The number of carbonyl (C=O) groups excluding carboxylic acids is 1. The normalized spacial score (nSPS) is 10.4. The van der Waals surface area contributed by atoms with Crippen molar-refractivity contribution >= 4 is 29.0 Å². The quantitative estimate of drug-likeness (QED) is 0.590. The van der Waals surface area contributed by atoms with Crippen molar-refractivity contribution in [3.63, 3.8) is 0 Å². The smallest absolute Gasteiger partial charge is 0.270 e. The van der Waals surface area contributed by atoms with Crippen LogP contribution < -0.4 is 10.6 Å². The Hall–Kier alpha value is -2.92. The van der Waals surface area contributed by atoms with Gasteiger partial charge < -0.3 is 10.6 Å². The van der Waals surface area contributed by atoms with Crippen LogP contribution in [0.1, 0.15) is 28.3 Å². The summed E-state index contributed by atoms with van der Waals surface area (Å²) in [7, 11) is 0. The van der Waals surface area contributed by atoms with Crippen LogP contribution in [0.25, 0.3) is 0 Å². The summed E-state index contributed by atoms with van der Waals surface area (Å²) in [6.07, 6.45) is 1.79. The van der Waals surface area contributed by atoms with E-state index in [4.69, 9.17) is 11.6 Å². The molecule has 6 heteroatoms. The third kappa shape index (κ3) is 5.79. The lowest BCUT2D eigenvalue weighted by molar-refractivity contribution is 0.0948. The first-order valence-corrected chi connectivity index (χ1v) is 9.18. The van der Waals surface area contributed by atoms with Crippen molar-refractivity contribution in [2.24, 2.45) is 0 Å². The Bertz CT molecular complexity index is 915. The molecule has 0 aliphatic rings. The molecule has 27 heavy (non-hydrogen) atoms. The molecule has 3 aromatic rings. The summed E-state index contributed by atoms with van der Waals surface area (Å²) in [5.74, 6) is 0.873. The van der Waals surface area contributed by atoms with Gasteiger partial charge in [-0.25, -0.2) is 9.97 Å². The molecule has 0 atom stereocenters. The Kier molecular flexibility index (Phi) is 6.39. The Labute approximate surface area is 163 Å². The zero-order valence-electron chi connectivity index (χ0n) is 15.1. The monoisotopic (exact) mass is 380 g/mol. The first kappa shape index (κ1) is 18.9. The molecule has 0 radical (unpaired) electrons. The minimum atomic E-state index is -0.206. The van der Waals surface area contributed by atoms with Gasteiger partial charge in [-0.3, -0.25) is 4.79 Å². The number of carbonyl (C=O) groups is 1. The van der Waals surface area contributed by atoms with E-state index in [2.05, 4.69) is 32.7 Å². The summed E-state index contributed by atoms with van der Waals surface area (Å²) >= 11 is 6.00. The number of hydrogen-bond acceptors (Lipinski definition) is 4. The highest BCUT2D eigenvalue weighted by atomic mass is 35.5. The van der Waals surface area contributed by atoms with Crippen molar-refractivity contribution in [1.82, 2.24) is 15.3 Å². The molecule has 0 spiro atoms. The van der Waals surface area contributed by atoms with Crippen molar-refractivity contribution in [1.29, 1.82) is 0 Å². The molecule has 1 amide bonds. The van der Waals surface area contributed by atoms with E-state index in [0.29, 0.717) is 28.9 Å². The van der Waals surface area contributed by atoms with E-state index in [0.717, 1.165) is 18.5 Å². The van der Waals surface area contributed by atoms with Crippen LogP contribution in [0.3, 0.4) is 0 Å². The molecule has 138 valence electrons. The average molecular weight is 381 g/mol. The van der Waals surface area contributed by atoms with E-state index in [1.165, 1.54) is 5.56 Å². The van der Waals surface area contributed by atoms with Gasteiger partial charge in [0.1, 0.15) is 17.3 Å². The summed E-state index contributed by atoms with van der Waals surface area (Å²) in [4.78, 5) is 21.0. The summed E-state index contributed by atoms with van der Waals surface area (Å²) in [6, 6.07) is 19.2. The van der Waals surface area contributed by atoms with Gasteiger partial charge in [0.2, 0.25) is 0 Å². The van der Waals surface area contributed by atoms with Crippen LogP contribution in [-0.4, -0.2) is 22.4 Å². The van der Waals surface area contributed by atoms with E-state index in [1.54, 1.807) is 25.1 Å². The van der Waals surface area contributed by atoms with E-state index >= 15 is 0 Å². The molecular formula is C21H21ClN4O. The molecule has 2 N–H and O–H groups in total. The van der Waals surface area contributed by atoms with Crippen LogP contribution in [0.15, 0.2) is 60.7 Å². The molecule has 3 rings (SSSR count). The van der Waals surface area contributed by atoms with E-state index in [9.17, 15) is 4.79 Å². The van der Waals surface area contributed by atoms with Crippen LogP contribution in [0.4, 0.5) is 11.5 Å². The molecule has 0 saturated carbocycles. The highest BCUT2D eigenvalue weighted by Crippen LogP contribution is 2.19. The third-order valence-electron chi connectivity index (χ3n) is 3.94. The van der Waals surface area contributed by atoms with Gasteiger partial charge in [0.25, 0.3) is 5.91 Å². The molecule has 0 bridgehead atoms. The highest BCUT2D eigenvalue weighted by Gasteiger charge is 2.10. The van der Waals surface area contributed by atoms with Gasteiger partial charge in [-0.1, -0.05) is 48.0 Å². The largest absolute Gasteiger partial charge is 0.351 e. The number of amides is 1. The zero-order chi connectivity index (χ0) is 19.1. The number of rotatable bonds is 7. The fourth-order valence-electron chi connectivity index (χ4n) is 2.69. The lowest BCUT2D eigenvalue weighted by Crippen LogP contribution is -2.26. The number of halogens is 1. The van der Waals surface area contributed by atoms with E-state index in [1.807, 2.05) is 30.3 Å². The minimum absolute atomic E-state index is 0.206. The van der Waals surface area contributed by atoms with Crippen molar-refractivity contribution in [2.75, 3.05) is 11.9 Å².